The first-order valence-corrected chi connectivity index (χ1v) is 5.41. The highest BCUT2D eigenvalue weighted by molar-refractivity contribution is 6.31. The van der Waals surface area contributed by atoms with Gasteiger partial charge in [0.25, 0.3) is 0 Å². The van der Waals surface area contributed by atoms with E-state index in [4.69, 9.17) is 11.6 Å². The van der Waals surface area contributed by atoms with Gasteiger partial charge in [-0.3, -0.25) is 0 Å². The first-order valence-electron chi connectivity index (χ1n) is 5.03. The van der Waals surface area contributed by atoms with Gasteiger partial charge in [-0.1, -0.05) is 11.6 Å². The average molecular weight is 206 g/mol. The van der Waals surface area contributed by atoms with Crippen LogP contribution in [0.1, 0.15) is 17.7 Å². The fraction of sp³-hybridized carbons (Fsp3) is 0.333. The van der Waals surface area contributed by atoms with E-state index in [0.717, 1.165) is 5.02 Å². The van der Waals surface area contributed by atoms with Crippen molar-refractivity contribution in [2.24, 2.45) is 7.05 Å². The molecule has 1 aromatic heterocycles. The first kappa shape index (κ1) is 8.37. The lowest BCUT2D eigenvalue weighted by Gasteiger charge is -2.00. The van der Waals surface area contributed by atoms with Gasteiger partial charge in [0.1, 0.15) is 0 Å². The van der Waals surface area contributed by atoms with Crippen molar-refractivity contribution in [2.75, 3.05) is 0 Å². The molecule has 0 radical (unpaired) electrons. The van der Waals surface area contributed by atoms with Crippen LogP contribution in [0.15, 0.2) is 18.2 Å². The maximum Gasteiger partial charge on any atom is 0.0483 e. The fourth-order valence-electron chi connectivity index (χ4n) is 2.58. The highest BCUT2D eigenvalue weighted by Gasteiger charge is 2.19. The van der Waals surface area contributed by atoms with Gasteiger partial charge in [-0.15, -0.1) is 0 Å². The van der Waals surface area contributed by atoms with Crippen LogP contribution >= 0.6 is 11.6 Å². The second-order valence-electron chi connectivity index (χ2n) is 4.00. The SMILES string of the molecule is Cn1c2c(c3cc(Cl)ccc31)CCC2. The van der Waals surface area contributed by atoms with Crippen molar-refractivity contribution >= 4 is 22.5 Å². The summed E-state index contributed by atoms with van der Waals surface area (Å²) in [7, 11) is 2.15. The second kappa shape index (κ2) is 2.77. The predicted octanol–water partition coefficient (Wildman–Crippen LogP) is 3.32. The molecule has 0 aliphatic heterocycles. The summed E-state index contributed by atoms with van der Waals surface area (Å²) in [6.45, 7) is 0. The van der Waals surface area contributed by atoms with E-state index in [9.17, 15) is 0 Å². The number of aromatic nitrogens is 1. The number of rotatable bonds is 0. The molecule has 0 saturated carbocycles. The zero-order valence-corrected chi connectivity index (χ0v) is 8.93. The number of hydrogen-bond donors (Lipinski definition) is 0. The molecule has 0 spiro atoms. The van der Waals surface area contributed by atoms with Gasteiger partial charge in [0.15, 0.2) is 0 Å². The number of aryl methyl sites for hydroxylation is 2. The van der Waals surface area contributed by atoms with Crippen molar-refractivity contribution in [3.63, 3.8) is 0 Å². The molecule has 1 heterocycles. The van der Waals surface area contributed by atoms with Crippen molar-refractivity contribution in [1.29, 1.82) is 0 Å². The third-order valence-corrected chi connectivity index (χ3v) is 3.47. The molecule has 0 saturated heterocycles. The van der Waals surface area contributed by atoms with E-state index >= 15 is 0 Å². The highest BCUT2D eigenvalue weighted by atomic mass is 35.5. The molecular formula is C12H12ClN. The monoisotopic (exact) mass is 205 g/mol. The van der Waals surface area contributed by atoms with Crippen LogP contribution in [0.5, 0.6) is 0 Å². The van der Waals surface area contributed by atoms with Gasteiger partial charge in [-0.25, -0.2) is 0 Å². The lowest BCUT2D eigenvalue weighted by Crippen LogP contribution is -1.92. The van der Waals surface area contributed by atoms with Gasteiger partial charge in [0.05, 0.1) is 0 Å². The van der Waals surface area contributed by atoms with Crippen molar-refractivity contribution in [2.45, 2.75) is 19.3 Å². The molecule has 72 valence electrons. The number of fused-ring (bicyclic) bond motifs is 3. The van der Waals surface area contributed by atoms with Crippen molar-refractivity contribution in [1.82, 2.24) is 4.57 Å². The third kappa shape index (κ3) is 0.963. The molecule has 1 aliphatic carbocycles. The molecule has 1 aromatic carbocycles. The zero-order chi connectivity index (χ0) is 9.71. The average Bonchev–Trinajstić information content (AvgIpc) is 2.71. The Hall–Kier alpha value is -0.950. The topological polar surface area (TPSA) is 4.93 Å². The molecule has 0 fully saturated rings. The molecule has 0 amide bonds. The Kier molecular flexibility index (Phi) is 1.65. The van der Waals surface area contributed by atoms with E-state index < -0.39 is 0 Å². The molecular weight excluding hydrogens is 194 g/mol. The van der Waals surface area contributed by atoms with Gasteiger partial charge in [-0.2, -0.15) is 0 Å². The summed E-state index contributed by atoms with van der Waals surface area (Å²) in [6, 6.07) is 6.19. The van der Waals surface area contributed by atoms with E-state index in [1.807, 2.05) is 6.07 Å². The minimum absolute atomic E-state index is 0.845. The van der Waals surface area contributed by atoms with E-state index in [2.05, 4.69) is 23.7 Å². The smallest absolute Gasteiger partial charge is 0.0483 e. The van der Waals surface area contributed by atoms with Crippen LogP contribution in [0, 0.1) is 0 Å². The Morgan fingerprint density at radius 1 is 1.29 bits per heavy atom. The van der Waals surface area contributed by atoms with Crippen molar-refractivity contribution < 1.29 is 0 Å². The van der Waals surface area contributed by atoms with Crippen molar-refractivity contribution in [3.8, 4) is 0 Å². The van der Waals surface area contributed by atoms with Gasteiger partial charge >= 0.3 is 0 Å². The van der Waals surface area contributed by atoms with Crippen LogP contribution in [-0.4, -0.2) is 4.57 Å². The zero-order valence-electron chi connectivity index (χ0n) is 8.18. The van der Waals surface area contributed by atoms with Crippen LogP contribution in [-0.2, 0) is 19.9 Å². The van der Waals surface area contributed by atoms with E-state index in [1.54, 1.807) is 0 Å². The number of benzene rings is 1. The molecule has 14 heavy (non-hydrogen) atoms. The fourth-order valence-corrected chi connectivity index (χ4v) is 2.75. The molecule has 0 unspecified atom stereocenters. The minimum Gasteiger partial charge on any atom is -0.347 e. The van der Waals surface area contributed by atoms with Gasteiger partial charge in [-0.05, 0) is 43.0 Å². The second-order valence-corrected chi connectivity index (χ2v) is 4.44. The Balaban J connectivity index is 2.45. The maximum absolute atomic E-state index is 6.02. The highest BCUT2D eigenvalue weighted by Crippen LogP contribution is 2.33. The van der Waals surface area contributed by atoms with E-state index in [1.165, 1.54) is 41.4 Å². The molecule has 0 N–H and O–H groups in total. The lowest BCUT2D eigenvalue weighted by molar-refractivity contribution is 0.832. The summed E-state index contributed by atoms with van der Waals surface area (Å²) < 4.78 is 2.31. The molecule has 2 heteroatoms. The van der Waals surface area contributed by atoms with Gasteiger partial charge in [0, 0.05) is 28.7 Å². The minimum atomic E-state index is 0.845. The summed E-state index contributed by atoms with van der Waals surface area (Å²) in [6.07, 6.45) is 3.73. The summed E-state index contributed by atoms with van der Waals surface area (Å²) >= 11 is 6.02. The largest absolute Gasteiger partial charge is 0.347 e. The summed E-state index contributed by atoms with van der Waals surface area (Å²) in [5, 5.41) is 2.20. The molecule has 2 aromatic rings. The lowest BCUT2D eigenvalue weighted by atomic mass is 10.1. The molecule has 0 bridgehead atoms. The predicted molar refractivity (Wildman–Crippen MR) is 60.0 cm³/mol. The van der Waals surface area contributed by atoms with Crippen LogP contribution in [0.4, 0.5) is 0 Å². The molecule has 3 rings (SSSR count). The summed E-state index contributed by atoms with van der Waals surface area (Å²) in [5.74, 6) is 0. The van der Waals surface area contributed by atoms with Gasteiger partial charge in [0.2, 0.25) is 0 Å². The van der Waals surface area contributed by atoms with Crippen LogP contribution < -0.4 is 0 Å². The van der Waals surface area contributed by atoms with E-state index in [0.29, 0.717) is 0 Å². The molecule has 1 nitrogen and oxygen atoms in total. The van der Waals surface area contributed by atoms with Crippen LogP contribution in [0.3, 0.4) is 0 Å². The molecule has 1 aliphatic rings. The first-order chi connectivity index (χ1) is 6.77. The van der Waals surface area contributed by atoms with Crippen LogP contribution in [0.25, 0.3) is 10.9 Å². The quantitative estimate of drug-likeness (QED) is 0.622. The summed E-state index contributed by atoms with van der Waals surface area (Å²) in [5.41, 5.74) is 4.34. The Morgan fingerprint density at radius 2 is 2.14 bits per heavy atom. The van der Waals surface area contributed by atoms with E-state index in [-0.39, 0.29) is 0 Å². The number of halogens is 1. The summed E-state index contributed by atoms with van der Waals surface area (Å²) in [4.78, 5) is 0. The van der Waals surface area contributed by atoms with Crippen molar-refractivity contribution in [3.05, 3.63) is 34.5 Å². The Bertz CT molecular complexity index is 511. The number of nitrogens with zero attached hydrogens (tertiary/aromatic N) is 1. The van der Waals surface area contributed by atoms with Gasteiger partial charge < -0.3 is 4.57 Å². The van der Waals surface area contributed by atoms with Crippen LogP contribution in [0.2, 0.25) is 5.02 Å². The normalized spacial score (nSPS) is 15.0. The third-order valence-electron chi connectivity index (χ3n) is 3.24. The standard InChI is InChI=1S/C12H12ClN/c1-14-11-4-2-3-9(11)10-7-8(13)5-6-12(10)14/h5-7H,2-4H2,1H3. The molecule has 0 atom stereocenters. The maximum atomic E-state index is 6.02. The Morgan fingerprint density at radius 3 is 3.00 bits per heavy atom. The Labute approximate surface area is 88.3 Å². The number of hydrogen-bond acceptors (Lipinski definition) is 0.